The van der Waals surface area contributed by atoms with Crippen LogP contribution >= 0.6 is 11.6 Å². The van der Waals surface area contributed by atoms with E-state index in [1.165, 1.54) is 22.7 Å². The van der Waals surface area contributed by atoms with Gasteiger partial charge in [-0.3, -0.25) is 9.89 Å². The zero-order chi connectivity index (χ0) is 18.1. The van der Waals surface area contributed by atoms with Crippen LogP contribution in [0.4, 0.5) is 4.39 Å². The Bertz CT molecular complexity index is 1120. The second-order valence-electron chi connectivity index (χ2n) is 6.00. The first-order valence-electron chi connectivity index (χ1n) is 8.03. The van der Waals surface area contributed by atoms with Gasteiger partial charge in [-0.1, -0.05) is 35.9 Å². The number of aromatic amines is 1. The van der Waals surface area contributed by atoms with Crippen LogP contribution in [0.15, 0.2) is 59.4 Å². The molecule has 2 aromatic heterocycles. The van der Waals surface area contributed by atoms with Crippen molar-refractivity contribution < 1.29 is 4.39 Å². The predicted molar refractivity (Wildman–Crippen MR) is 97.1 cm³/mol. The van der Waals surface area contributed by atoms with Crippen LogP contribution < -0.4 is 5.56 Å². The fourth-order valence-electron chi connectivity index (χ4n) is 2.75. The van der Waals surface area contributed by atoms with Crippen LogP contribution in [0, 0.1) is 5.82 Å². The molecule has 7 heteroatoms. The van der Waals surface area contributed by atoms with Crippen molar-refractivity contribution in [3.63, 3.8) is 0 Å². The SMILES string of the molecule is O=c1cc(Cc2ccc(Cl)cc2)nc2nc(Cc3ccc(F)cc3)[nH]n12. The summed E-state index contributed by atoms with van der Waals surface area (Å²) < 4.78 is 14.3. The van der Waals surface area contributed by atoms with Gasteiger partial charge in [0, 0.05) is 23.9 Å². The largest absolute Gasteiger partial charge is 0.275 e. The molecule has 2 aromatic carbocycles. The predicted octanol–water partition coefficient (Wildman–Crippen LogP) is 3.39. The smallest absolute Gasteiger partial charge is 0.274 e. The average Bonchev–Trinajstić information content (AvgIpc) is 3.02. The Kier molecular flexibility index (Phi) is 4.26. The summed E-state index contributed by atoms with van der Waals surface area (Å²) >= 11 is 5.89. The van der Waals surface area contributed by atoms with Crippen molar-refractivity contribution >= 4 is 17.4 Å². The molecule has 4 aromatic rings. The van der Waals surface area contributed by atoms with E-state index in [2.05, 4.69) is 15.1 Å². The number of nitrogens with zero attached hydrogens (tertiary/aromatic N) is 3. The Morgan fingerprint density at radius 2 is 1.62 bits per heavy atom. The molecule has 0 spiro atoms. The van der Waals surface area contributed by atoms with Crippen molar-refractivity contribution in [2.75, 3.05) is 0 Å². The zero-order valence-electron chi connectivity index (χ0n) is 13.6. The lowest BCUT2D eigenvalue weighted by Crippen LogP contribution is -2.16. The van der Waals surface area contributed by atoms with Crippen molar-refractivity contribution in [1.29, 1.82) is 0 Å². The maximum absolute atomic E-state index is 13.0. The van der Waals surface area contributed by atoms with Gasteiger partial charge in [-0.15, -0.1) is 0 Å². The number of hydrogen-bond donors (Lipinski definition) is 1. The normalized spacial score (nSPS) is 11.2. The monoisotopic (exact) mass is 368 g/mol. The average molecular weight is 369 g/mol. The van der Waals surface area contributed by atoms with Crippen LogP contribution in [0.25, 0.3) is 5.78 Å². The number of aromatic nitrogens is 4. The minimum absolute atomic E-state index is 0.225. The van der Waals surface area contributed by atoms with Crippen LogP contribution in [0.2, 0.25) is 5.02 Å². The molecule has 2 heterocycles. The molecule has 0 amide bonds. The number of hydrogen-bond acceptors (Lipinski definition) is 3. The summed E-state index contributed by atoms with van der Waals surface area (Å²) in [5.74, 6) is 0.617. The molecule has 4 rings (SSSR count). The highest BCUT2D eigenvalue weighted by atomic mass is 35.5. The van der Waals surface area contributed by atoms with Gasteiger partial charge in [0.2, 0.25) is 0 Å². The lowest BCUT2D eigenvalue weighted by atomic mass is 10.1. The van der Waals surface area contributed by atoms with E-state index >= 15 is 0 Å². The highest BCUT2D eigenvalue weighted by molar-refractivity contribution is 6.30. The summed E-state index contributed by atoms with van der Waals surface area (Å²) in [5.41, 5.74) is 2.31. The molecule has 0 saturated heterocycles. The van der Waals surface area contributed by atoms with Gasteiger partial charge in [0.15, 0.2) is 0 Å². The maximum atomic E-state index is 13.0. The third-order valence-electron chi connectivity index (χ3n) is 4.01. The van der Waals surface area contributed by atoms with Crippen LogP contribution in [0.3, 0.4) is 0 Å². The zero-order valence-corrected chi connectivity index (χ0v) is 14.4. The molecule has 0 aliphatic rings. The molecule has 0 aliphatic carbocycles. The van der Waals surface area contributed by atoms with E-state index in [-0.39, 0.29) is 11.4 Å². The minimum Gasteiger partial charge on any atom is -0.275 e. The molecule has 1 N–H and O–H groups in total. The standard InChI is InChI=1S/C19H14ClFN4O/c20-14-5-1-12(2-6-14)9-16-11-18(26)25-19(22-16)23-17(24-25)10-13-3-7-15(21)8-4-13/h1-8,11H,9-10H2,(H,22,23,24). The molecular weight excluding hydrogens is 355 g/mol. The Morgan fingerprint density at radius 3 is 2.35 bits per heavy atom. The molecule has 0 aliphatic heterocycles. The van der Waals surface area contributed by atoms with Crippen molar-refractivity contribution in [2.24, 2.45) is 0 Å². The second kappa shape index (κ2) is 6.72. The molecule has 0 bridgehead atoms. The third kappa shape index (κ3) is 3.50. The molecule has 26 heavy (non-hydrogen) atoms. The number of nitrogens with one attached hydrogen (secondary N) is 1. The van der Waals surface area contributed by atoms with Crippen LogP contribution in [-0.2, 0) is 12.8 Å². The van der Waals surface area contributed by atoms with E-state index in [1.54, 1.807) is 24.3 Å². The molecule has 5 nitrogen and oxygen atoms in total. The molecule has 130 valence electrons. The van der Waals surface area contributed by atoms with Gasteiger partial charge >= 0.3 is 0 Å². The summed E-state index contributed by atoms with van der Waals surface area (Å²) in [6, 6.07) is 15.1. The van der Waals surface area contributed by atoms with Crippen molar-refractivity contribution in [3.8, 4) is 0 Å². The summed E-state index contributed by atoms with van der Waals surface area (Å²) in [5, 5.41) is 3.61. The van der Waals surface area contributed by atoms with Crippen LogP contribution in [0.1, 0.15) is 22.6 Å². The third-order valence-corrected chi connectivity index (χ3v) is 4.27. The van der Waals surface area contributed by atoms with E-state index < -0.39 is 0 Å². The van der Waals surface area contributed by atoms with E-state index in [0.717, 1.165) is 11.1 Å². The molecule has 0 unspecified atom stereocenters. The first-order chi connectivity index (χ1) is 12.6. The Balaban J connectivity index is 1.63. The summed E-state index contributed by atoms with van der Waals surface area (Å²) in [6.07, 6.45) is 0.971. The summed E-state index contributed by atoms with van der Waals surface area (Å²) in [6.45, 7) is 0. The van der Waals surface area contributed by atoms with E-state index in [4.69, 9.17) is 11.6 Å². The Labute approximate surface area is 153 Å². The lowest BCUT2D eigenvalue weighted by molar-refractivity contribution is 0.627. The molecule has 0 atom stereocenters. The first-order valence-corrected chi connectivity index (χ1v) is 8.41. The Morgan fingerprint density at radius 1 is 0.962 bits per heavy atom. The summed E-state index contributed by atoms with van der Waals surface area (Å²) in [7, 11) is 0. The topological polar surface area (TPSA) is 63.0 Å². The van der Waals surface area contributed by atoms with Gasteiger partial charge in [0.25, 0.3) is 11.3 Å². The fraction of sp³-hybridized carbons (Fsp3) is 0.105. The number of halogens is 2. The number of H-pyrrole nitrogens is 1. The Hall–Kier alpha value is -2.99. The molecule has 0 fully saturated rings. The molecular formula is C19H14ClFN4O. The molecule has 0 saturated carbocycles. The van der Waals surface area contributed by atoms with Gasteiger partial charge in [0.1, 0.15) is 11.6 Å². The van der Waals surface area contributed by atoms with E-state index in [0.29, 0.717) is 35.2 Å². The van der Waals surface area contributed by atoms with Crippen molar-refractivity contribution in [1.82, 2.24) is 19.6 Å². The van der Waals surface area contributed by atoms with Crippen molar-refractivity contribution in [3.05, 3.63) is 98.4 Å². The number of benzene rings is 2. The second-order valence-corrected chi connectivity index (χ2v) is 6.43. The fourth-order valence-corrected chi connectivity index (χ4v) is 2.87. The summed E-state index contributed by atoms with van der Waals surface area (Å²) in [4.78, 5) is 21.2. The van der Waals surface area contributed by atoms with E-state index in [1.807, 2.05) is 12.1 Å². The highest BCUT2D eigenvalue weighted by Gasteiger charge is 2.09. The van der Waals surface area contributed by atoms with Gasteiger partial charge in [-0.2, -0.15) is 9.50 Å². The highest BCUT2D eigenvalue weighted by Crippen LogP contribution is 2.13. The van der Waals surface area contributed by atoms with Crippen LogP contribution in [-0.4, -0.2) is 19.6 Å². The van der Waals surface area contributed by atoms with Crippen molar-refractivity contribution in [2.45, 2.75) is 12.8 Å². The maximum Gasteiger partial charge on any atom is 0.274 e. The minimum atomic E-state index is -0.289. The van der Waals surface area contributed by atoms with Gasteiger partial charge in [-0.05, 0) is 35.4 Å². The molecule has 0 radical (unpaired) electrons. The number of rotatable bonds is 4. The van der Waals surface area contributed by atoms with E-state index in [9.17, 15) is 9.18 Å². The first kappa shape index (κ1) is 16.5. The number of fused-ring (bicyclic) bond motifs is 1. The lowest BCUT2D eigenvalue weighted by Gasteiger charge is -2.01. The van der Waals surface area contributed by atoms with Gasteiger partial charge in [-0.25, -0.2) is 9.37 Å². The van der Waals surface area contributed by atoms with Crippen LogP contribution in [0.5, 0.6) is 0 Å². The van der Waals surface area contributed by atoms with Gasteiger partial charge in [0.05, 0.1) is 5.69 Å². The quantitative estimate of drug-likeness (QED) is 0.600. The van der Waals surface area contributed by atoms with Gasteiger partial charge < -0.3 is 0 Å².